The highest BCUT2D eigenvalue weighted by Gasteiger charge is 2.50. The van der Waals surface area contributed by atoms with Crippen molar-refractivity contribution in [2.75, 3.05) is 46.8 Å². The van der Waals surface area contributed by atoms with Gasteiger partial charge in [0.2, 0.25) is 0 Å². The maximum Gasteiger partial charge on any atom is 0.511 e. The number of alkyl halides is 3. The van der Waals surface area contributed by atoms with Crippen molar-refractivity contribution in [1.29, 1.82) is 0 Å². The zero-order valence-electron chi connectivity index (χ0n) is 14.9. The van der Waals surface area contributed by atoms with Crippen molar-refractivity contribution < 1.29 is 21.6 Å². The van der Waals surface area contributed by atoms with Gasteiger partial charge in [0.15, 0.2) is 5.96 Å². The lowest BCUT2D eigenvalue weighted by atomic mass is 10.1. The first-order valence-electron chi connectivity index (χ1n) is 8.35. The van der Waals surface area contributed by atoms with Crippen molar-refractivity contribution in [1.82, 2.24) is 19.8 Å². The van der Waals surface area contributed by atoms with Crippen LogP contribution < -0.4 is 10.6 Å². The van der Waals surface area contributed by atoms with Crippen molar-refractivity contribution in [3.05, 3.63) is 0 Å². The Morgan fingerprint density at radius 2 is 1.81 bits per heavy atom. The van der Waals surface area contributed by atoms with Crippen molar-refractivity contribution in [2.24, 2.45) is 10.9 Å². The standard InChI is InChI=1S/C14H26F3N5O2S.HI/c1-18-13(19-9-11-3-6-21(2)10-11)20-12-4-7-22(8-5-12)25(23,24)14(15,16)17;/h11-12H,3-10H2,1-2H3,(H2,18,19,20);1H. The van der Waals surface area contributed by atoms with Crippen LogP contribution in [0.4, 0.5) is 13.2 Å². The number of aliphatic imine (C=N–C) groups is 1. The number of sulfonamides is 1. The second kappa shape index (κ2) is 9.73. The molecule has 12 heteroatoms. The van der Waals surface area contributed by atoms with Crippen LogP contribution in [0.2, 0.25) is 0 Å². The number of rotatable bonds is 4. The summed E-state index contributed by atoms with van der Waals surface area (Å²) in [6, 6.07) is -0.0999. The maximum absolute atomic E-state index is 12.6. The van der Waals surface area contributed by atoms with Crippen LogP contribution in [-0.2, 0) is 10.0 Å². The molecule has 2 fully saturated rings. The number of hydrogen-bond donors (Lipinski definition) is 2. The summed E-state index contributed by atoms with van der Waals surface area (Å²) < 4.78 is 61.1. The topological polar surface area (TPSA) is 77.0 Å². The largest absolute Gasteiger partial charge is 0.511 e. The van der Waals surface area contributed by atoms with Gasteiger partial charge in [0.1, 0.15) is 0 Å². The van der Waals surface area contributed by atoms with E-state index in [4.69, 9.17) is 0 Å². The van der Waals surface area contributed by atoms with Crippen LogP contribution in [0.1, 0.15) is 19.3 Å². The summed E-state index contributed by atoms with van der Waals surface area (Å²) in [5, 5.41) is 6.42. The Morgan fingerprint density at radius 3 is 2.27 bits per heavy atom. The molecule has 1 atom stereocenters. The molecule has 0 amide bonds. The van der Waals surface area contributed by atoms with Crippen LogP contribution >= 0.6 is 24.0 Å². The van der Waals surface area contributed by atoms with E-state index in [1.54, 1.807) is 7.05 Å². The highest BCUT2D eigenvalue weighted by molar-refractivity contribution is 14.0. The summed E-state index contributed by atoms with van der Waals surface area (Å²) in [5.41, 5.74) is -5.24. The predicted octanol–water partition coefficient (Wildman–Crippen LogP) is 1.04. The SMILES string of the molecule is CN=C(NCC1CCN(C)C1)NC1CCN(S(=O)(=O)C(F)(F)F)CC1.I. The molecule has 2 aliphatic heterocycles. The maximum atomic E-state index is 12.6. The lowest BCUT2D eigenvalue weighted by Gasteiger charge is -2.32. The second-order valence-corrected chi connectivity index (χ2v) is 8.57. The molecule has 0 aromatic carbocycles. The fourth-order valence-electron chi connectivity index (χ4n) is 3.21. The van der Waals surface area contributed by atoms with E-state index in [0.29, 0.717) is 29.0 Å². The summed E-state index contributed by atoms with van der Waals surface area (Å²) in [6.45, 7) is 2.58. The second-order valence-electron chi connectivity index (χ2n) is 6.64. The number of nitrogens with one attached hydrogen (secondary N) is 2. The Bertz CT molecular complexity index is 580. The summed E-state index contributed by atoms with van der Waals surface area (Å²) in [6.07, 6.45) is 1.73. The molecule has 0 bridgehead atoms. The molecule has 0 spiro atoms. The minimum absolute atomic E-state index is 0. The Morgan fingerprint density at radius 1 is 1.19 bits per heavy atom. The lowest BCUT2D eigenvalue weighted by Crippen LogP contribution is -2.52. The third-order valence-electron chi connectivity index (χ3n) is 4.70. The van der Waals surface area contributed by atoms with Gasteiger partial charge in [-0.2, -0.15) is 17.5 Å². The average Bonchev–Trinajstić information content (AvgIpc) is 2.96. The van der Waals surface area contributed by atoms with E-state index in [1.807, 2.05) is 0 Å². The van der Waals surface area contributed by atoms with Crippen molar-refractivity contribution in [2.45, 2.75) is 30.8 Å². The number of guanidine groups is 1. The van der Waals surface area contributed by atoms with Crippen molar-refractivity contribution in [3.8, 4) is 0 Å². The molecule has 2 aliphatic rings. The van der Waals surface area contributed by atoms with Gasteiger partial charge >= 0.3 is 15.5 Å². The van der Waals surface area contributed by atoms with Crippen LogP contribution in [0, 0.1) is 5.92 Å². The number of nitrogens with zero attached hydrogens (tertiary/aromatic N) is 3. The van der Waals surface area contributed by atoms with Crippen LogP contribution in [0.5, 0.6) is 0 Å². The van der Waals surface area contributed by atoms with Gasteiger partial charge in [0.25, 0.3) is 0 Å². The number of piperidine rings is 1. The Kier molecular flexibility index (Phi) is 8.87. The van der Waals surface area contributed by atoms with Gasteiger partial charge in [-0.3, -0.25) is 4.99 Å². The molecule has 2 saturated heterocycles. The molecular weight excluding hydrogens is 486 g/mol. The van der Waals surface area contributed by atoms with E-state index in [2.05, 4.69) is 27.6 Å². The monoisotopic (exact) mass is 513 g/mol. The first kappa shape index (κ1) is 23.7. The number of halogens is 4. The Balaban J connectivity index is 0.00000338. The number of likely N-dealkylation sites (tertiary alicyclic amines) is 1. The first-order chi connectivity index (χ1) is 11.6. The van der Waals surface area contributed by atoms with Gasteiger partial charge in [-0.05, 0) is 38.8 Å². The molecule has 1 unspecified atom stereocenters. The Hall–Kier alpha value is -0.340. The van der Waals surface area contributed by atoms with Crippen LogP contribution in [0.15, 0.2) is 4.99 Å². The summed E-state index contributed by atoms with van der Waals surface area (Å²) in [5.74, 6) is 1.15. The third-order valence-corrected chi connectivity index (χ3v) is 6.33. The molecule has 0 aromatic heterocycles. The molecule has 26 heavy (non-hydrogen) atoms. The fraction of sp³-hybridized carbons (Fsp3) is 0.929. The highest BCUT2D eigenvalue weighted by atomic mass is 127. The van der Waals surface area contributed by atoms with E-state index in [9.17, 15) is 21.6 Å². The first-order valence-corrected chi connectivity index (χ1v) is 9.79. The van der Waals surface area contributed by atoms with Crippen molar-refractivity contribution >= 4 is 40.0 Å². The Labute approximate surface area is 169 Å². The molecule has 2 heterocycles. The van der Waals surface area contributed by atoms with E-state index in [-0.39, 0.29) is 43.1 Å². The lowest BCUT2D eigenvalue weighted by molar-refractivity contribution is -0.0494. The minimum Gasteiger partial charge on any atom is -0.356 e. The fourth-order valence-corrected chi connectivity index (χ4v) is 4.19. The number of hydrogen-bond acceptors (Lipinski definition) is 4. The van der Waals surface area contributed by atoms with E-state index < -0.39 is 15.5 Å². The smallest absolute Gasteiger partial charge is 0.356 e. The van der Waals surface area contributed by atoms with E-state index >= 15 is 0 Å². The highest BCUT2D eigenvalue weighted by Crippen LogP contribution is 2.28. The summed E-state index contributed by atoms with van der Waals surface area (Å²) >= 11 is 0. The quantitative estimate of drug-likeness (QED) is 0.334. The minimum atomic E-state index is -5.24. The molecule has 154 valence electrons. The van der Waals surface area contributed by atoms with Crippen LogP contribution in [0.25, 0.3) is 0 Å². The zero-order valence-corrected chi connectivity index (χ0v) is 18.1. The zero-order chi connectivity index (χ0) is 18.7. The van der Waals surface area contributed by atoms with Gasteiger partial charge in [0, 0.05) is 39.3 Å². The molecule has 7 nitrogen and oxygen atoms in total. The van der Waals surface area contributed by atoms with Crippen molar-refractivity contribution in [3.63, 3.8) is 0 Å². The molecule has 2 rings (SSSR count). The molecule has 0 aromatic rings. The molecule has 2 N–H and O–H groups in total. The molecule has 0 saturated carbocycles. The van der Waals surface area contributed by atoms with Gasteiger partial charge in [-0.15, -0.1) is 24.0 Å². The summed E-state index contributed by atoms with van der Waals surface area (Å²) in [7, 11) is -1.51. The van der Waals surface area contributed by atoms with Gasteiger partial charge in [-0.1, -0.05) is 0 Å². The van der Waals surface area contributed by atoms with Gasteiger partial charge in [0.05, 0.1) is 0 Å². The summed E-state index contributed by atoms with van der Waals surface area (Å²) in [4.78, 5) is 6.40. The van der Waals surface area contributed by atoms with Crippen LogP contribution in [0.3, 0.4) is 0 Å². The molecular formula is C14H27F3IN5O2S. The normalized spacial score (nSPS) is 24.3. The predicted molar refractivity (Wildman–Crippen MR) is 105 cm³/mol. The van der Waals surface area contributed by atoms with Crippen LogP contribution in [-0.4, -0.2) is 82.0 Å². The third kappa shape index (κ3) is 6.09. The molecule has 0 aliphatic carbocycles. The van der Waals surface area contributed by atoms with Gasteiger partial charge in [-0.25, -0.2) is 8.42 Å². The van der Waals surface area contributed by atoms with Gasteiger partial charge < -0.3 is 15.5 Å². The molecule has 0 radical (unpaired) electrons. The average molecular weight is 513 g/mol. The van der Waals surface area contributed by atoms with E-state index in [1.165, 1.54) is 0 Å². The van der Waals surface area contributed by atoms with E-state index in [0.717, 1.165) is 26.1 Å².